The molecule has 5 rings (SSSR count). The van der Waals surface area contributed by atoms with Gasteiger partial charge in [-0.2, -0.15) is 0 Å². The number of benzene rings is 3. The lowest BCUT2D eigenvalue weighted by molar-refractivity contribution is -0.139. The fraction of sp³-hybridized carbons (Fsp3) is 0.269. The van der Waals surface area contributed by atoms with Crippen molar-refractivity contribution in [3.8, 4) is 23.0 Å². The summed E-state index contributed by atoms with van der Waals surface area (Å²) in [6, 6.07) is 20.0. The molecule has 188 valence electrons. The van der Waals surface area contributed by atoms with Crippen molar-refractivity contribution in [2.24, 2.45) is 0 Å². The molecule has 36 heavy (non-hydrogen) atoms. The first-order chi connectivity index (χ1) is 17.4. The maximum absolute atomic E-state index is 13.3. The van der Waals surface area contributed by atoms with Gasteiger partial charge in [0.15, 0.2) is 18.1 Å². The average molecular weight is 512 g/mol. The number of carboxylic acids is 1. The Morgan fingerprint density at radius 2 is 1.75 bits per heavy atom. The second kappa shape index (κ2) is 9.81. The second-order valence-electron chi connectivity index (χ2n) is 8.58. The van der Waals surface area contributed by atoms with Gasteiger partial charge in [-0.3, -0.25) is 0 Å². The molecule has 0 amide bonds. The molecule has 1 aliphatic carbocycles. The number of sulfonamides is 1. The van der Waals surface area contributed by atoms with Crippen LogP contribution in [0.5, 0.6) is 23.0 Å². The lowest BCUT2D eigenvalue weighted by Gasteiger charge is -2.24. The number of aliphatic carboxylic acids is 1. The molecule has 4 unspecified atom stereocenters. The zero-order valence-electron chi connectivity index (χ0n) is 19.4. The number of fused-ring (bicyclic) bond motifs is 3. The number of carbonyl (C=O) groups is 1. The fourth-order valence-electron chi connectivity index (χ4n) is 4.78. The molecule has 1 saturated carbocycles. The van der Waals surface area contributed by atoms with E-state index in [0.29, 0.717) is 29.4 Å². The normalized spacial score (nSPS) is 22.4. The summed E-state index contributed by atoms with van der Waals surface area (Å²) >= 11 is 0. The summed E-state index contributed by atoms with van der Waals surface area (Å²) in [6.07, 6.45) is -0.285. The highest BCUT2D eigenvalue weighted by molar-refractivity contribution is 7.89. The topological polar surface area (TPSA) is 120 Å². The monoisotopic (exact) mass is 511 g/mol. The number of para-hydroxylation sites is 2. The predicted octanol–water partition coefficient (Wildman–Crippen LogP) is 3.55. The Morgan fingerprint density at radius 3 is 2.44 bits per heavy atom. The predicted molar refractivity (Wildman–Crippen MR) is 129 cm³/mol. The van der Waals surface area contributed by atoms with Gasteiger partial charge < -0.3 is 24.1 Å². The van der Waals surface area contributed by atoms with Gasteiger partial charge in [0.25, 0.3) is 0 Å². The molecular weight excluding hydrogens is 486 g/mol. The van der Waals surface area contributed by atoms with Gasteiger partial charge in [0.05, 0.1) is 17.0 Å². The van der Waals surface area contributed by atoms with Crippen molar-refractivity contribution in [3.63, 3.8) is 0 Å². The maximum atomic E-state index is 13.3. The standard InChI is InChI=1S/C26H25NO8S/c1-32-22-14-21-24(19-8-5-9-20(26(19)35-21)33-15-23(28)29)25(22)27-36(30,31)18-12-10-17(11-13-18)34-16-6-3-2-4-7-16/h2-13,21-22,24-25,27H,14-15H2,1H3,(H,28,29). The smallest absolute Gasteiger partial charge is 0.341 e. The number of hydrogen-bond acceptors (Lipinski definition) is 7. The Labute approximate surface area is 208 Å². The van der Waals surface area contributed by atoms with E-state index in [2.05, 4.69) is 4.72 Å². The maximum Gasteiger partial charge on any atom is 0.341 e. The zero-order chi connectivity index (χ0) is 25.3. The zero-order valence-corrected chi connectivity index (χ0v) is 20.2. The van der Waals surface area contributed by atoms with E-state index >= 15 is 0 Å². The van der Waals surface area contributed by atoms with Crippen molar-refractivity contribution in [3.05, 3.63) is 78.4 Å². The van der Waals surface area contributed by atoms with Crippen LogP contribution < -0.4 is 18.9 Å². The lowest BCUT2D eigenvalue weighted by Crippen LogP contribution is -2.44. The number of ether oxygens (including phenoxy) is 4. The molecule has 4 atom stereocenters. The van der Waals surface area contributed by atoms with Crippen LogP contribution in [0, 0.1) is 0 Å². The molecule has 3 aromatic rings. The molecular formula is C26H25NO8S. The third kappa shape index (κ3) is 4.75. The molecule has 2 N–H and O–H groups in total. The summed E-state index contributed by atoms with van der Waals surface area (Å²) in [6.45, 7) is -0.504. The number of nitrogens with one attached hydrogen (secondary N) is 1. The largest absolute Gasteiger partial charge is 0.485 e. The molecule has 0 bridgehead atoms. The SMILES string of the molecule is COC1CC2Oc3c(OCC(=O)O)cccc3C2C1NS(=O)(=O)c1ccc(Oc2ccccc2)cc1. The van der Waals surface area contributed by atoms with Crippen molar-refractivity contribution in [1.82, 2.24) is 4.72 Å². The van der Waals surface area contributed by atoms with Crippen molar-refractivity contribution in [2.45, 2.75) is 35.5 Å². The van der Waals surface area contributed by atoms with Crippen LogP contribution in [0.2, 0.25) is 0 Å². The Kier molecular flexibility index (Phi) is 6.57. The molecule has 2 aliphatic rings. The van der Waals surface area contributed by atoms with E-state index in [0.717, 1.165) is 5.56 Å². The summed E-state index contributed by atoms with van der Waals surface area (Å²) in [5.41, 5.74) is 0.752. The molecule has 0 saturated heterocycles. The Bertz CT molecular complexity index is 1340. The summed E-state index contributed by atoms with van der Waals surface area (Å²) in [5.74, 6) is 0.495. The fourth-order valence-corrected chi connectivity index (χ4v) is 6.06. The van der Waals surface area contributed by atoms with Gasteiger partial charge in [0, 0.05) is 25.0 Å². The van der Waals surface area contributed by atoms with Crippen LogP contribution in [0.4, 0.5) is 0 Å². The van der Waals surface area contributed by atoms with Gasteiger partial charge in [-0.25, -0.2) is 17.9 Å². The molecule has 1 heterocycles. The molecule has 3 aromatic carbocycles. The second-order valence-corrected chi connectivity index (χ2v) is 10.3. The van der Waals surface area contributed by atoms with Crippen molar-refractivity contribution in [2.75, 3.05) is 13.7 Å². The summed E-state index contributed by atoms with van der Waals surface area (Å²) < 4.78 is 52.3. The van der Waals surface area contributed by atoms with E-state index in [1.165, 1.54) is 19.2 Å². The minimum atomic E-state index is -3.90. The van der Waals surface area contributed by atoms with E-state index in [1.54, 1.807) is 24.3 Å². The average Bonchev–Trinajstić information content (AvgIpc) is 3.40. The van der Waals surface area contributed by atoms with Crippen LogP contribution in [-0.4, -0.2) is 51.5 Å². The highest BCUT2D eigenvalue weighted by Crippen LogP contribution is 2.51. The quantitative estimate of drug-likeness (QED) is 0.448. The van der Waals surface area contributed by atoms with E-state index in [1.807, 2.05) is 36.4 Å². The van der Waals surface area contributed by atoms with E-state index in [4.69, 9.17) is 24.1 Å². The molecule has 1 fully saturated rings. The van der Waals surface area contributed by atoms with Crippen LogP contribution in [0.1, 0.15) is 17.9 Å². The molecule has 0 radical (unpaired) electrons. The van der Waals surface area contributed by atoms with Crippen LogP contribution in [-0.2, 0) is 19.6 Å². The summed E-state index contributed by atoms with van der Waals surface area (Å²) in [5, 5.41) is 8.95. The van der Waals surface area contributed by atoms with E-state index < -0.39 is 34.7 Å². The minimum Gasteiger partial charge on any atom is -0.485 e. The van der Waals surface area contributed by atoms with Crippen LogP contribution in [0.25, 0.3) is 0 Å². The van der Waals surface area contributed by atoms with Gasteiger partial charge in [0.1, 0.15) is 17.6 Å². The molecule has 1 aliphatic heterocycles. The van der Waals surface area contributed by atoms with Gasteiger partial charge in [-0.1, -0.05) is 30.3 Å². The first-order valence-corrected chi connectivity index (χ1v) is 12.9. The van der Waals surface area contributed by atoms with Gasteiger partial charge in [-0.15, -0.1) is 0 Å². The van der Waals surface area contributed by atoms with Crippen molar-refractivity contribution < 1.29 is 37.3 Å². The Hall–Kier alpha value is -3.60. The van der Waals surface area contributed by atoms with Gasteiger partial charge in [-0.05, 0) is 42.5 Å². The van der Waals surface area contributed by atoms with Crippen LogP contribution in [0.15, 0.2) is 77.7 Å². The number of methoxy groups -OCH3 is 1. The number of carboxylic acid groups (broad SMARTS) is 1. The molecule has 10 heteroatoms. The Balaban J connectivity index is 1.37. The van der Waals surface area contributed by atoms with Crippen molar-refractivity contribution in [1.29, 1.82) is 0 Å². The van der Waals surface area contributed by atoms with E-state index in [-0.39, 0.29) is 16.9 Å². The van der Waals surface area contributed by atoms with Crippen LogP contribution >= 0.6 is 0 Å². The third-order valence-electron chi connectivity index (χ3n) is 6.35. The minimum absolute atomic E-state index is 0.0962. The van der Waals surface area contributed by atoms with Crippen LogP contribution in [0.3, 0.4) is 0 Å². The lowest BCUT2D eigenvalue weighted by atomic mass is 9.94. The summed E-state index contributed by atoms with van der Waals surface area (Å²) in [4.78, 5) is 11.0. The van der Waals surface area contributed by atoms with Crippen molar-refractivity contribution >= 4 is 16.0 Å². The number of rotatable bonds is 9. The highest BCUT2D eigenvalue weighted by atomic mass is 32.2. The molecule has 0 spiro atoms. The van der Waals surface area contributed by atoms with Gasteiger partial charge >= 0.3 is 5.97 Å². The highest BCUT2D eigenvalue weighted by Gasteiger charge is 2.52. The Morgan fingerprint density at radius 1 is 1.03 bits per heavy atom. The third-order valence-corrected chi connectivity index (χ3v) is 7.82. The molecule has 0 aromatic heterocycles. The molecule has 9 nitrogen and oxygen atoms in total. The number of hydrogen-bond donors (Lipinski definition) is 2. The van der Waals surface area contributed by atoms with Gasteiger partial charge in [0.2, 0.25) is 10.0 Å². The first-order valence-electron chi connectivity index (χ1n) is 11.4. The summed E-state index contributed by atoms with van der Waals surface area (Å²) in [7, 11) is -2.36. The first kappa shape index (κ1) is 24.1. The van der Waals surface area contributed by atoms with E-state index in [9.17, 15) is 13.2 Å².